The summed E-state index contributed by atoms with van der Waals surface area (Å²) in [5.41, 5.74) is 12.2. The van der Waals surface area contributed by atoms with E-state index in [0.29, 0.717) is 12.7 Å². The van der Waals surface area contributed by atoms with Gasteiger partial charge in [0.15, 0.2) is 5.17 Å². The van der Waals surface area contributed by atoms with E-state index in [9.17, 15) is 0 Å². The molecule has 1 aromatic carbocycles. The third kappa shape index (κ3) is 4.62. The number of hydrogen-bond acceptors (Lipinski definition) is 5. The Labute approximate surface area is 176 Å². The van der Waals surface area contributed by atoms with Gasteiger partial charge >= 0.3 is 0 Å². The summed E-state index contributed by atoms with van der Waals surface area (Å²) < 4.78 is 13.7. The Morgan fingerprint density at radius 3 is 2.72 bits per heavy atom. The average molecular weight is 413 g/mol. The number of benzene rings is 1. The number of nitrogens with zero attached hydrogens (tertiary/aromatic N) is 2. The first kappa shape index (κ1) is 19.9. The molecule has 2 aliphatic rings. The lowest BCUT2D eigenvalue weighted by Gasteiger charge is -2.19. The molecule has 29 heavy (non-hydrogen) atoms. The third-order valence-corrected chi connectivity index (χ3v) is 6.02. The van der Waals surface area contributed by atoms with Gasteiger partial charge in [-0.3, -0.25) is 10.9 Å². The van der Waals surface area contributed by atoms with Crippen LogP contribution in [-0.4, -0.2) is 29.1 Å². The van der Waals surface area contributed by atoms with Crippen molar-refractivity contribution in [2.24, 2.45) is 4.99 Å². The lowest BCUT2D eigenvalue weighted by Crippen LogP contribution is -2.36. The fraction of sp³-hybridized carbons (Fsp3) is 0.409. The molecule has 154 valence electrons. The van der Waals surface area contributed by atoms with Crippen LogP contribution >= 0.6 is 11.8 Å². The third-order valence-electron chi connectivity index (χ3n) is 5.24. The molecular formula is C22H28N4O2S. The molecule has 2 aliphatic heterocycles. The first-order valence-corrected chi connectivity index (χ1v) is 11.0. The predicted octanol–water partition coefficient (Wildman–Crippen LogP) is 4.51. The Balaban J connectivity index is 1.45. The second-order valence-corrected chi connectivity index (χ2v) is 8.13. The normalized spacial score (nSPS) is 20.3. The number of hydrogen-bond donors (Lipinski definition) is 2. The SMILES string of the molecule is CCOc1ccc(N=C2NNC(c3cc(C)n(C[C@H]4CCCO4)c3C)=CS2)cc1. The first-order valence-electron chi connectivity index (χ1n) is 10.1. The number of ether oxygens (including phenoxy) is 2. The van der Waals surface area contributed by atoms with Crippen molar-refractivity contribution in [3.8, 4) is 5.75 Å². The van der Waals surface area contributed by atoms with E-state index in [0.717, 1.165) is 41.9 Å². The summed E-state index contributed by atoms with van der Waals surface area (Å²) in [6.45, 7) is 8.79. The summed E-state index contributed by atoms with van der Waals surface area (Å²) in [6.07, 6.45) is 2.65. The van der Waals surface area contributed by atoms with E-state index < -0.39 is 0 Å². The summed E-state index contributed by atoms with van der Waals surface area (Å²) in [5, 5.41) is 2.92. The highest BCUT2D eigenvalue weighted by Gasteiger charge is 2.21. The van der Waals surface area contributed by atoms with Crippen LogP contribution in [0.5, 0.6) is 5.75 Å². The molecule has 0 spiro atoms. The van der Waals surface area contributed by atoms with Crippen molar-refractivity contribution in [2.45, 2.75) is 46.3 Å². The van der Waals surface area contributed by atoms with Gasteiger partial charge in [-0.05, 0) is 63.9 Å². The molecule has 2 N–H and O–H groups in total. The van der Waals surface area contributed by atoms with Gasteiger partial charge in [-0.15, -0.1) is 0 Å². The number of thioether (sulfide) groups is 1. The van der Waals surface area contributed by atoms with Crippen LogP contribution in [0.3, 0.4) is 0 Å². The minimum Gasteiger partial charge on any atom is -0.494 e. The minimum atomic E-state index is 0.335. The molecule has 4 rings (SSSR count). The predicted molar refractivity (Wildman–Crippen MR) is 119 cm³/mol. The van der Waals surface area contributed by atoms with Gasteiger partial charge in [-0.25, -0.2) is 4.99 Å². The Morgan fingerprint density at radius 1 is 1.24 bits per heavy atom. The number of aliphatic imine (C=N–C) groups is 1. The Morgan fingerprint density at radius 2 is 2.07 bits per heavy atom. The van der Waals surface area contributed by atoms with Crippen LogP contribution in [0.1, 0.15) is 36.7 Å². The summed E-state index contributed by atoms with van der Waals surface area (Å²) in [5.74, 6) is 0.861. The molecule has 1 fully saturated rings. The highest BCUT2D eigenvalue weighted by molar-refractivity contribution is 8.16. The van der Waals surface area contributed by atoms with Crippen molar-refractivity contribution < 1.29 is 9.47 Å². The Bertz CT molecular complexity index is 912. The van der Waals surface area contributed by atoms with Crippen molar-refractivity contribution in [3.63, 3.8) is 0 Å². The number of nitrogens with one attached hydrogen (secondary N) is 2. The van der Waals surface area contributed by atoms with Gasteiger partial charge in [0, 0.05) is 35.5 Å². The highest BCUT2D eigenvalue weighted by Crippen LogP contribution is 2.28. The number of amidine groups is 1. The molecule has 0 bridgehead atoms. The largest absolute Gasteiger partial charge is 0.494 e. The molecule has 3 heterocycles. The molecule has 7 heteroatoms. The van der Waals surface area contributed by atoms with E-state index in [4.69, 9.17) is 9.47 Å². The van der Waals surface area contributed by atoms with Crippen molar-refractivity contribution in [1.82, 2.24) is 15.4 Å². The number of rotatable bonds is 6. The van der Waals surface area contributed by atoms with Crippen molar-refractivity contribution in [3.05, 3.63) is 52.7 Å². The van der Waals surface area contributed by atoms with E-state index in [1.165, 1.54) is 23.4 Å². The fourth-order valence-corrected chi connectivity index (χ4v) is 4.41. The summed E-state index contributed by atoms with van der Waals surface area (Å²) >= 11 is 1.58. The van der Waals surface area contributed by atoms with Gasteiger partial charge < -0.3 is 14.0 Å². The first-order chi connectivity index (χ1) is 14.1. The van der Waals surface area contributed by atoms with Gasteiger partial charge in [0.1, 0.15) is 5.75 Å². The summed E-state index contributed by atoms with van der Waals surface area (Å²) in [6, 6.07) is 10.0. The van der Waals surface area contributed by atoms with Crippen LogP contribution in [0, 0.1) is 13.8 Å². The highest BCUT2D eigenvalue weighted by atomic mass is 32.2. The second kappa shape index (κ2) is 8.97. The molecule has 0 saturated carbocycles. The van der Waals surface area contributed by atoms with Crippen molar-refractivity contribution in [2.75, 3.05) is 13.2 Å². The van der Waals surface area contributed by atoms with E-state index in [2.05, 4.69) is 45.7 Å². The molecule has 0 aliphatic carbocycles. The van der Waals surface area contributed by atoms with Crippen LogP contribution in [0.15, 0.2) is 40.7 Å². The molecule has 0 unspecified atom stereocenters. The van der Waals surface area contributed by atoms with Crippen LogP contribution in [0.4, 0.5) is 5.69 Å². The zero-order valence-electron chi connectivity index (χ0n) is 17.2. The van der Waals surface area contributed by atoms with Gasteiger partial charge in [-0.1, -0.05) is 11.8 Å². The molecule has 0 amide bonds. The van der Waals surface area contributed by atoms with Crippen LogP contribution in [-0.2, 0) is 11.3 Å². The number of aryl methyl sites for hydroxylation is 1. The van der Waals surface area contributed by atoms with Crippen LogP contribution in [0.2, 0.25) is 0 Å². The molecule has 0 radical (unpaired) electrons. The average Bonchev–Trinajstić information content (AvgIpc) is 3.34. The maximum atomic E-state index is 5.82. The van der Waals surface area contributed by atoms with Crippen molar-refractivity contribution in [1.29, 1.82) is 0 Å². The van der Waals surface area contributed by atoms with E-state index in [-0.39, 0.29) is 0 Å². The van der Waals surface area contributed by atoms with E-state index in [1.807, 2.05) is 31.2 Å². The Kier molecular flexibility index (Phi) is 6.16. The standard InChI is InChI=1S/C22H28N4O2S/c1-4-27-18-9-7-17(8-10-18)23-22-25-24-21(14-29-22)20-12-15(2)26(16(20)3)13-19-6-5-11-28-19/h7-10,12,14,19,24H,4-6,11,13H2,1-3H3,(H,23,25)/t19-/m1/s1. The zero-order valence-corrected chi connectivity index (χ0v) is 18.0. The van der Waals surface area contributed by atoms with Gasteiger partial charge in [0.2, 0.25) is 0 Å². The zero-order chi connectivity index (χ0) is 20.2. The number of hydrazine groups is 1. The molecule has 6 nitrogen and oxygen atoms in total. The Hall–Kier alpha value is -2.38. The maximum absolute atomic E-state index is 5.82. The van der Waals surface area contributed by atoms with Crippen LogP contribution in [0.25, 0.3) is 5.70 Å². The molecule has 2 aromatic rings. The monoisotopic (exact) mass is 412 g/mol. The van der Waals surface area contributed by atoms with Crippen molar-refractivity contribution >= 4 is 28.3 Å². The molecule has 1 saturated heterocycles. The maximum Gasteiger partial charge on any atom is 0.184 e. The number of aromatic nitrogens is 1. The van der Waals surface area contributed by atoms with Gasteiger partial charge in [0.25, 0.3) is 0 Å². The lowest BCUT2D eigenvalue weighted by molar-refractivity contribution is 0.0962. The molecule has 1 atom stereocenters. The van der Waals surface area contributed by atoms with Gasteiger partial charge in [0.05, 0.1) is 24.1 Å². The molecule has 1 aromatic heterocycles. The fourth-order valence-electron chi connectivity index (χ4n) is 3.73. The van der Waals surface area contributed by atoms with E-state index in [1.54, 1.807) is 11.8 Å². The lowest BCUT2D eigenvalue weighted by atomic mass is 10.2. The molecular weight excluding hydrogens is 384 g/mol. The van der Waals surface area contributed by atoms with Gasteiger partial charge in [-0.2, -0.15) is 0 Å². The quantitative estimate of drug-likeness (QED) is 0.731. The summed E-state index contributed by atoms with van der Waals surface area (Å²) in [7, 11) is 0. The van der Waals surface area contributed by atoms with E-state index >= 15 is 0 Å². The topological polar surface area (TPSA) is 59.8 Å². The summed E-state index contributed by atoms with van der Waals surface area (Å²) in [4.78, 5) is 4.65. The minimum absolute atomic E-state index is 0.335. The second-order valence-electron chi connectivity index (χ2n) is 7.27. The van der Waals surface area contributed by atoms with Crippen LogP contribution < -0.4 is 15.6 Å². The smallest absolute Gasteiger partial charge is 0.184 e.